The monoisotopic (exact) mass is 261 g/mol. The number of carboxylic acid groups (broad SMARTS) is 1. The Morgan fingerprint density at radius 3 is 2.89 bits per heavy atom. The summed E-state index contributed by atoms with van der Waals surface area (Å²) in [7, 11) is 0. The summed E-state index contributed by atoms with van der Waals surface area (Å²) in [6.45, 7) is 3.35. The van der Waals surface area contributed by atoms with Crippen LogP contribution in [0.3, 0.4) is 0 Å². The molecule has 1 aliphatic heterocycles. The third-order valence-corrected chi connectivity index (χ3v) is 3.50. The van der Waals surface area contributed by atoms with Gasteiger partial charge in [0.1, 0.15) is 5.56 Å². The van der Waals surface area contributed by atoms with Crippen molar-refractivity contribution in [2.75, 3.05) is 13.2 Å². The van der Waals surface area contributed by atoms with E-state index in [0.717, 1.165) is 37.4 Å². The van der Waals surface area contributed by atoms with Crippen LogP contribution in [0.2, 0.25) is 0 Å². The zero-order chi connectivity index (χ0) is 13.4. The van der Waals surface area contributed by atoms with Crippen LogP contribution in [0.4, 0.5) is 0 Å². The van der Waals surface area contributed by atoms with Crippen LogP contribution < -0.4 is 0 Å². The largest absolute Gasteiger partial charge is 0.477 e. The van der Waals surface area contributed by atoms with Gasteiger partial charge in [-0.3, -0.25) is 0 Å². The Balaban J connectivity index is 2.15. The van der Waals surface area contributed by atoms with Gasteiger partial charge in [0.2, 0.25) is 0 Å². The summed E-state index contributed by atoms with van der Waals surface area (Å²) >= 11 is 0. The molecule has 3 rings (SSSR count). The molecule has 1 aliphatic rings. The lowest BCUT2D eigenvalue weighted by atomic mass is 9.96. The second-order valence-electron chi connectivity index (χ2n) is 4.81. The first-order valence-corrected chi connectivity index (χ1v) is 6.33. The fraction of sp³-hybridized carbons (Fsp3) is 0.462. The van der Waals surface area contributed by atoms with Gasteiger partial charge >= 0.3 is 5.97 Å². The number of aromatic carboxylic acids is 1. The standard InChI is InChI=1S/C13H15N3O3/c1-8-6-11(9-2-4-19-5-3-9)16-12(15-8)10(7-14-16)13(17)18/h6-7,9H,2-5H2,1H3,(H,17,18). The number of rotatable bonds is 2. The number of aromatic nitrogens is 3. The summed E-state index contributed by atoms with van der Waals surface area (Å²) < 4.78 is 7.03. The molecule has 0 spiro atoms. The third kappa shape index (κ3) is 2.08. The van der Waals surface area contributed by atoms with Gasteiger partial charge in [-0.25, -0.2) is 14.3 Å². The molecular weight excluding hydrogens is 246 g/mol. The maximum Gasteiger partial charge on any atom is 0.341 e. The highest BCUT2D eigenvalue weighted by Gasteiger charge is 2.22. The number of hydrogen-bond donors (Lipinski definition) is 1. The van der Waals surface area contributed by atoms with Crippen LogP contribution in [0.15, 0.2) is 12.3 Å². The average molecular weight is 261 g/mol. The maximum atomic E-state index is 11.2. The first kappa shape index (κ1) is 12.1. The maximum absolute atomic E-state index is 11.2. The molecule has 0 radical (unpaired) electrons. The van der Waals surface area contributed by atoms with E-state index in [1.165, 1.54) is 6.20 Å². The van der Waals surface area contributed by atoms with E-state index in [2.05, 4.69) is 10.1 Å². The highest BCUT2D eigenvalue weighted by atomic mass is 16.5. The van der Waals surface area contributed by atoms with E-state index in [1.807, 2.05) is 13.0 Å². The molecule has 3 heterocycles. The van der Waals surface area contributed by atoms with E-state index in [-0.39, 0.29) is 5.56 Å². The zero-order valence-electron chi connectivity index (χ0n) is 10.7. The highest BCUT2D eigenvalue weighted by molar-refractivity contribution is 5.94. The van der Waals surface area contributed by atoms with Crippen molar-refractivity contribution < 1.29 is 14.6 Å². The van der Waals surface area contributed by atoms with Crippen LogP contribution in [0.5, 0.6) is 0 Å². The molecule has 100 valence electrons. The molecule has 0 amide bonds. The molecule has 1 N–H and O–H groups in total. The molecule has 1 fully saturated rings. The Morgan fingerprint density at radius 1 is 1.47 bits per heavy atom. The van der Waals surface area contributed by atoms with Crippen molar-refractivity contribution in [2.45, 2.75) is 25.7 Å². The number of ether oxygens (including phenoxy) is 1. The Bertz CT molecular complexity index is 629. The molecule has 0 unspecified atom stereocenters. The second kappa shape index (κ2) is 4.62. The third-order valence-electron chi connectivity index (χ3n) is 3.50. The van der Waals surface area contributed by atoms with Crippen LogP contribution in [0.1, 0.15) is 40.5 Å². The molecule has 0 atom stereocenters. The van der Waals surface area contributed by atoms with Gasteiger partial charge in [0.05, 0.1) is 6.20 Å². The predicted octanol–water partition coefficient (Wildman–Crippen LogP) is 1.63. The normalized spacial score (nSPS) is 16.9. The summed E-state index contributed by atoms with van der Waals surface area (Å²) in [6, 6.07) is 1.99. The first-order chi connectivity index (χ1) is 9.16. The Morgan fingerprint density at radius 2 is 2.21 bits per heavy atom. The minimum absolute atomic E-state index is 0.150. The molecule has 1 saturated heterocycles. The number of carboxylic acids is 1. The molecule has 0 bridgehead atoms. The van der Waals surface area contributed by atoms with E-state index in [0.29, 0.717) is 11.6 Å². The average Bonchev–Trinajstić information content (AvgIpc) is 2.82. The van der Waals surface area contributed by atoms with E-state index < -0.39 is 5.97 Å². The molecule has 2 aromatic heterocycles. The lowest BCUT2D eigenvalue weighted by Crippen LogP contribution is -2.17. The fourth-order valence-corrected chi connectivity index (χ4v) is 2.55. The minimum Gasteiger partial charge on any atom is -0.477 e. The molecular formula is C13H15N3O3. The van der Waals surface area contributed by atoms with Gasteiger partial charge in [-0.2, -0.15) is 5.10 Å². The van der Waals surface area contributed by atoms with Crippen LogP contribution in [-0.2, 0) is 4.74 Å². The van der Waals surface area contributed by atoms with Gasteiger partial charge in [-0.05, 0) is 25.8 Å². The summed E-state index contributed by atoms with van der Waals surface area (Å²) in [5, 5.41) is 13.3. The minimum atomic E-state index is -0.994. The smallest absolute Gasteiger partial charge is 0.341 e. The summed E-state index contributed by atoms with van der Waals surface area (Å²) in [5.74, 6) is -0.648. The second-order valence-corrected chi connectivity index (χ2v) is 4.81. The molecule has 0 aliphatic carbocycles. The Labute approximate surface area is 110 Å². The van der Waals surface area contributed by atoms with E-state index in [4.69, 9.17) is 9.84 Å². The van der Waals surface area contributed by atoms with Crippen molar-refractivity contribution in [2.24, 2.45) is 0 Å². The predicted molar refractivity (Wildman–Crippen MR) is 67.5 cm³/mol. The zero-order valence-corrected chi connectivity index (χ0v) is 10.7. The number of carbonyl (C=O) groups is 1. The van der Waals surface area contributed by atoms with Crippen LogP contribution in [-0.4, -0.2) is 38.9 Å². The van der Waals surface area contributed by atoms with Gasteiger partial charge in [0, 0.05) is 30.5 Å². The van der Waals surface area contributed by atoms with Crippen LogP contribution in [0, 0.1) is 6.92 Å². The number of fused-ring (bicyclic) bond motifs is 1. The van der Waals surface area contributed by atoms with Crippen molar-refractivity contribution in [1.82, 2.24) is 14.6 Å². The van der Waals surface area contributed by atoms with Gasteiger partial charge in [0.25, 0.3) is 0 Å². The van der Waals surface area contributed by atoms with E-state index in [9.17, 15) is 4.79 Å². The molecule has 0 saturated carbocycles. The van der Waals surface area contributed by atoms with Crippen molar-refractivity contribution in [3.8, 4) is 0 Å². The fourth-order valence-electron chi connectivity index (χ4n) is 2.55. The Hall–Kier alpha value is -1.95. The van der Waals surface area contributed by atoms with Gasteiger partial charge < -0.3 is 9.84 Å². The number of aryl methyl sites for hydroxylation is 1. The molecule has 2 aromatic rings. The number of hydrogen-bond acceptors (Lipinski definition) is 4. The summed E-state index contributed by atoms with van der Waals surface area (Å²) in [5.41, 5.74) is 2.42. The van der Waals surface area contributed by atoms with E-state index >= 15 is 0 Å². The highest BCUT2D eigenvalue weighted by Crippen LogP contribution is 2.28. The lowest BCUT2D eigenvalue weighted by molar-refractivity contribution is 0.0698. The quantitative estimate of drug-likeness (QED) is 0.889. The van der Waals surface area contributed by atoms with Crippen molar-refractivity contribution >= 4 is 11.6 Å². The number of nitrogens with zero attached hydrogens (tertiary/aromatic N) is 3. The molecule has 0 aromatic carbocycles. The van der Waals surface area contributed by atoms with Crippen molar-refractivity contribution in [3.05, 3.63) is 29.2 Å². The molecule has 6 nitrogen and oxygen atoms in total. The van der Waals surface area contributed by atoms with Gasteiger partial charge in [-0.15, -0.1) is 0 Å². The topological polar surface area (TPSA) is 76.7 Å². The van der Waals surface area contributed by atoms with Gasteiger partial charge in [-0.1, -0.05) is 0 Å². The van der Waals surface area contributed by atoms with Crippen LogP contribution in [0.25, 0.3) is 5.65 Å². The van der Waals surface area contributed by atoms with Gasteiger partial charge in [0.15, 0.2) is 5.65 Å². The summed E-state index contributed by atoms with van der Waals surface area (Å²) in [6.07, 6.45) is 3.23. The SMILES string of the molecule is Cc1cc(C2CCOCC2)n2ncc(C(=O)O)c2n1. The van der Waals surface area contributed by atoms with Crippen molar-refractivity contribution in [3.63, 3.8) is 0 Å². The first-order valence-electron chi connectivity index (χ1n) is 6.33. The Kier molecular flexibility index (Phi) is 2.94. The lowest BCUT2D eigenvalue weighted by Gasteiger charge is -2.23. The van der Waals surface area contributed by atoms with Crippen LogP contribution >= 0.6 is 0 Å². The summed E-state index contributed by atoms with van der Waals surface area (Å²) in [4.78, 5) is 15.5. The molecule has 6 heteroatoms. The molecule has 19 heavy (non-hydrogen) atoms. The van der Waals surface area contributed by atoms with Crippen molar-refractivity contribution in [1.29, 1.82) is 0 Å². The van der Waals surface area contributed by atoms with E-state index in [1.54, 1.807) is 4.52 Å².